The highest BCUT2D eigenvalue weighted by Crippen LogP contribution is 2.28. The number of hydrogen-bond acceptors (Lipinski definition) is 5. The van der Waals surface area contributed by atoms with E-state index >= 15 is 0 Å². The standard InChI is InChI=1S/C30H34N2O5/c1-3-37-29(35)26-20-32(28(34)19-25(26)24-12-8-5-9-13-24)21-30(36)14-16-31(17-15-30)27(33)18-22(2)23-10-6-4-7-11-23/h4-13,19-20,22,36H,3,14-18,21H2,1-2H3/t22-/m1/s1. The van der Waals surface area contributed by atoms with Crippen LogP contribution in [-0.2, 0) is 16.1 Å². The third-order valence-electron chi connectivity index (χ3n) is 7.07. The first-order valence-electron chi connectivity index (χ1n) is 12.8. The summed E-state index contributed by atoms with van der Waals surface area (Å²) in [6.07, 6.45) is 2.59. The second-order valence-electron chi connectivity index (χ2n) is 9.77. The number of pyridine rings is 1. The maximum atomic E-state index is 13.0. The lowest BCUT2D eigenvalue weighted by molar-refractivity contribution is -0.136. The molecule has 1 saturated heterocycles. The van der Waals surface area contributed by atoms with E-state index in [1.165, 1.54) is 16.8 Å². The normalized spacial score (nSPS) is 15.7. The topological polar surface area (TPSA) is 88.8 Å². The van der Waals surface area contributed by atoms with E-state index in [1.54, 1.807) is 11.8 Å². The number of benzene rings is 2. The first-order valence-corrected chi connectivity index (χ1v) is 12.8. The Balaban J connectivity index is 1.47. The maximum absolute atomic E-state index is 13.0. The number of nitrogens with zero attached hydrogens (tertiary/aromatic N) is 2. The monoisotopic (exact) mass is 502 g/mol. The van der Waals surface area contributed by atoms with Crippen molar-refractivity contribution in [3.63, 3.8) is 0 Å². The number of likely N-dealkylation sites (tertiary alicyclic amines) is 1. The third-order valence-corrected chi connectivity index (χ3v) is 7.07. The molecule has 0 spiro atoms. The third kappa shape index (κ3) is 6.35. The van der Waals surface area contributed by atoms with Gasteiger partial charge in [0.15, 0.2) is 0 Å². The average molecular weight is 503 g/mol. The molecule has 1 N–H and O–H groups in total. The summed E-state index contributed by atoms with van der Waals surface area (Å²) in [7, 11) is 0. The molecule has 1 amide bonds. The molecule has 0 saturated carbocycles. The van der Waals surface area contributed by atoms with E-state index in [0.29, 0.717) is 37.9 Å². The first kappa shape index (κ1) is 26.4. The summed E-state index contributed by atoms with van der Waals surface area (Å²) in [5, 5.41) is 11.3. The number of ether oxygens (including phenoxy) is 1. The summed E-state index contributed by atoms with van der Waals surface area (Å²) in [6.45, 7) is 4.85. The van der Waals surface area contributed by atoms with Gasteiger partial charge in [0.2, 0.25) is 5.91 Å². The van der Waals surface area contributed by atoms with Crippen LogP contribution in [0.2, 0.25) is 0 Å². The molecule has 7 heteroatoms. The van der Waals surface area contributed by atoms with Crippen LogP contribution in [0.25, 0.3) is 11.1 Å². The molecule has 1 aliphatic heterocycles. The van der Waals surface area contributed by atoms with Crippen molar-refractivity contribution in [1.82, 2.24) is 9.47 Å². The SMILES string of the molecule is CCOC(=O)c1cn(CC2(O)CCN(C(=O)C[C@@H](C)c3ccccc3)CC2)c(=O)cc1-c1ccccc1. The molecule has 4 rings (SSSR count). The molecule has 3 aromatic rings. The summed E-state index contributed by atoms with van der Waals surface area (Å²) >= 11 is 0. The van der Waals surface area contributed by atoms with E-state index in [-0.39, 0.29) is 36.1 Å². The number of carbonyl (C=O) groups excluding carboxylic acids is 2. The Morgan fingerprint density at radius 1 is 1.03 bits per heavy atom. The van der Waals surface area contributed by atoms with Crippen molar-refractivity contribution in [3.05, 3.63) is 94.4 Å². The van der Waals surface area contributed by atoms with Gasteiger partial charge in [0.1, 0.15) is 0 Å². The minimum atomic E-state index is -1.16. The Bertz CT molecular complexity index is 1280. The van der Waals surface area contributed by atoms with Crippen LogP contribution in [0, 0.1) is 0 Å². The summed E-state index contributed by atoms with van der Waals surface area (Å²) < 4.78 is 6.63. The maximum Gasteiger partial charge on any atom is 0.340 e. The molecule has 1 atom stereocenters. The van der Waals surface area contributed by atoms with Crippen LogP contribution >= 0.6 is 0 Å². The van der Waals surface area contributed by atoms with Crippen molar-refractivity contribution < 1.29 is 19.4 Å². The van der Waals surface area contributed by atoms with Gasteiger partial charge in [-0.25, -0.2) is 4.79 Å². The van der Waals surface area contributed by atoms with Gasteiger partial charge in [0.05, 0.1) is 24.3 Å². The van der Waals surface area contributed by atoms with Gasteiger partial charge in [0, 0.05) is 37.3 Å². The van der Waals surface area contributed by atoms with Gasteiger partial charge in [-0.1, -0.05) is 67.6 Å². The van der Waals surface area contributed by atoms with Crippen LogP contribution in [0.3, 0.4) is 0 Å². The smallest absolute Gasteiger partial charge is 0.340 e. The predicted molar refractivity (Wildman–Crippen MR) is 142 cm³/mol. The predicted octanol–water partition coefficient (Wildman–Crippen LogP) is 4.24. The Hall–Kier alpha value is -3.71. The molecule has 0 unspecified atom stereocenters. The second kappa shape index (κ2) is 11.6. The van der Waals surface area contributed by atoms with Crippen molar-refractivity contribution in [2.75, 3.05) is 19.7 Å². The summed E-state index contributed by atoms with van der Waals surface area (Å²) in [6, 6.07) is 20.6. The number of hydrogen-bond donors (Lipinski definition) is 1. The Morgan fingerprint density at radius 3 is 2.27 bits per heavy atom. The Morgan fingerprint density at radius 2 is 1.65 bits per heavy atom. The molecule has 0 bridgehead atoms. The fraction of sp³-hybridized carbons (Fsp3) is 0.367. The van der Waals surface area contributed by atoms with Gasteiger partial charge < -0.3 is 19.3 Å². The summed E-state index contributed by atoms with van der Waals surface area (Å²) in [5.74, 6) is -0.347. The van der Waals surface area contributed by atoms with Crippen LogP contribution in [0.5, 0.6) is 0 Å². The van der Waals surface area contributed by atoms with Gasteiger partial charge in [-0.3, -0.25) is 9.59 Å². The van der Waals surface area contributed by atoms with Crippen LogP contribution in [0.4, 0.5) is 0 Å². The zero-order chi connectivity index (χ0) is 26.4. The lowest BCUT2D eigenvalue weighted by atomic mass is 9.90. The van der Waals surface area contributed by atoms with E-state index in [2.05, 4.69) is 0 Å². The molecule has 1 aromatic heterocycles. The highest BCUT2D eigenvalue weighted by molar-refractivity contribution is 5.96. The fourth-order valence-corrected chi connectivity index (χ4v) is 4.86. The number of amides is 1. The van der Waals surface area contributed by atoms with Crippen molar-refractivity contribution in [3.8, 4) is 11.1 Å². The fourth-order valence-electron chi connectivity index (χ4n) is 4.86. The molecule has 0 radical (unpaired) electrons. The molecule has 7 nitrogen and oxygen atoms in total. The largest absolute Gasteiger partial charge is 0.462 e. The van der Waals surface area contributed by atoms with Crippen LogP contribution in [0.1, 0.15) is 54.9 Å². The molecule has 0 aliphatic carbocycles. The minimum Gasteiger partial charge on any atom is -0.462 e. The molecule has 2 heterocycles. The molecule has 37 heavy (non-hydrogen) atoms. The van der Waals surface area contributed by atoms with Crippen molar-refractivity contribution >= 4 is 11.9 Å². The number of carbonyl (C=O) groups is 2. The van der Waals surface area contributed by atoms with E-state index in [0.717, 1.165) is 11.1 Å². The van der Waals surface area contributed by atoms with Crippen LogP contribution in [0.15, 0.2) is 77.7 Å². The summed E-state index contributed by atoms with van der Waals surface area (Å²) in [4.78, 5) is 40.5. The van der Waals surface area contributed by atoms with Gasteiger partial charge >= 0.3 is 5.97 Å². The van der Waals surface area contributed by atoms with E-state index in [9.17, 15) is 19.5 Å². The van der Waals surface area contributed by atoms with Crippen molar-refractivity contribution in [2.45, 2.75) is 51.2 Å². The minimum absolute atomic E-state index is 0.0375. The van der Waals surface area contributed by atoms with Gasteiger partial charge in [-0.15, -0.1) is 0 Å². The number of rotatable bonds is 8. The van der Waals surface area contributed by atoms with E-state index in [4.69, 9.17) is 4.74 Å². The molecule has 1 fully saturated rings. The van der Waals surface area contributed by atoms with E-state index < -0.39 is 11.6 Å². The highest BCUT2D eigenvalue weighted by atomic mass is 16.5. The van der Waals surface area contributed by atoms with Crippen molar-refractivity contribution in [1.29, 1.82) is 0 Å². The van der Waals surface area contributed by atoms with Crippen LogP contribution in [-0.4, -0.2) is 51.7 Å². The lowest BCUT2D eigenvalue weighted by Gasteiger charge is -2.39. The van der Waals surface area contributed by atoms with Gasteiger partial charge in [0.25, 0.3) is 5.56 Å². The molecule has 1 aliphatic rings. The molecular formula is C30H34N2O5. The van der Waals surface area contributed by atoms with E-state index in [1.807, 2.05) is 67.6 Å². The van der Waals surface area contributed by atoms with Gasteiger partial charge in [-0.2, -0.15) is 0 Å². The average Bonchev–Trinajstić information content (AvgIpc) is 2.91. The first-order chi connectivity index (χ1) is 17.8. The van der Waals surface area contributed by atoms with Crippen molar-refractivity contribution in [2.24, 2.45) is 0 Å². The molecule has 194 valence electrons. The Labute approximate surface area is 217 Å². The zero-order valence-electron chi connectivity index (χ0n) is 21.4. The number of esters is 1. The number of aliphatic hydroxyl groups is 1. The highest BCUT2D eigenvalue weighted by Gasteiger charge is 2.35. The van der Waals surface area contributed by atoms with Gasteiger partial charge in [-0.05, 0) is 36.8 Å². The molecular weight excluding hydrogens is 468 g/mol. The Kier molecular flexibility index (Phi) is 8.24. The number of piperidine rings is 1. The summed E-state index contributed by atoms with van der Waals surface area (Å²) in [5.41, 5.74) is 1.17. The lowest BCUT2D eigenvalue weighted by Crippen LogP contribution is -2.49. The molecule has 2 aromatic carbocycles. The second-order valence-corrected chi connectivity index (χ2v) is 9.77. The quantitative estimate of drug-likeness (QED) is 0.466. The number of aromatic nitrogens is 1. The van der Waals surface area contributed by atoms with Crippen LogP contribution < -0.4 is 5.56 Å². The zero-order valence-corrected chi connectivity index (χ0v) is 21.4.